The number of Topliss-reactive ketones (excluding diaryl/α,β-unsaturated/α-hetero) is 2. The number of aryl methyl sites for hydroxylation is 2. The Hall–Kier alpha value is -1.45. The van der Waals surface area contributed by atoms with Gasteiger partial charge in [0.15, 0.2) is 5.78 Å². The number of carbonyl (C=O) groups is 2. The van der Waals surface area contributed by atoms with E-state index in [-0.39, 0.29) is 11.6 Å². The largest absolute Gasteiger partial charge is 0.299 e. The Kier molecular flexibility index (Phi) is 3.41. The maximum Gasteiger partial charge on any atom is 0.176 e. The van der Waals surface area contributed by atoms with Crippen molar-refractivity contribution in [3.05, 3.63) is 17.5 Å². The number of aromatic nitrogens is 2. The van der Waals surface area contributed by atoms with Gasteiger partial charge in [0, 0.05) is 19.7 Å². The van der Waals surface area contributed by atoms with Crippen LogP contribution in [-0.2, 0) is 18.3 Å². The summed E-state index contributed by atoms with van der Waals surface area (Å²) >= 11 is 0. The maximum atomic E-state index is 12.3. The number of hydrogen-bond donors (Lipinski definition) is 0. The van der Waals surface area contributed by atoms with Gasteiger partial charge in [-0.05, 0) is 19.3 Å². The van der Waals surface area contributed by atoms with E-state index in [1.165, 1.54) is 0 Å². The van der Waals surface area contributed by atoms with Crippen molar-refractivity contribution >= 4 is 11.6 Å². The summed E-state index contributed by atoms with van der Waals surface area (Å²) in [5, 5.41) is 4.25. The molecule has 1 aromatic rings. The molecule has 4 heteroatoms. The summed E-state index contributed by atoms with van der Waals surface area (Å²) in [6.45, 7) is 1.97. The molecule has 1 unspecified atom stereocenters. The van der Waals surface area contributed by atoms with E-state index in [1.54, 1.807) is 17.9 Å². The van der Waals surface area contributed by atoms with Crippen LogP contribution in [0.5, 0.6) is 0 Å². The molecule has 92 valence electrons. The molecule has 1 aliphatic rings. The molecule has 4 nitrogen and oxygen atoms in total. The molecule has 0 radical (unpaired) electrons. The quantitative estimate of drug-likeness (QED) is 0.593. The van der Waals surface area contributed by atoms with Crippen LogP contribution in [0.1, 0.15) is 48.7 Å². The lowest BCUT2D eigenvalue weighted by Crippen LogP contribution is -2.27. The van der Waals surface area contributed by atoms with Gasteiger partial charge < -0.3 is 0 Å². The molecule has 1 fully saturated rings. The molecule has 0 saturated heterocycles. The van der Waals surface area contributed by atoms with E-state index in [1.807, 2.05) is 6.92 Å². The van der Waals surface area contributed by atoms with Gasteiger partial charge in [-0.2, -0.15) is 5.10 Å². The average Bonchev–Trinajstić information content (AvgIpc) is 2.70. The summed E-state index contributed by atoms with van der Waals surface area (Å²) in [4.78, 5) is 24.1. The molecule has 1 aliphatic carbocycles. The van der Waals surface area contributed by atoms with Crippen LogP contribution in [-0.4, -0.2) is 21.3 Å². The fourth-order valence-corrected chi connectivity index (χ4v) is 2.45. The Bertz CT molecular complexity index is 448. The van der Waals surface area contributed by atoms with E-state index in [4.69, 9.17) is 0 Å². The lowest BCUT2D eigenvalue weighted by molar-refractivity contribution is -0.122. The first kappa shape index (κ1) is 12.0. The summed E-state index contributed by atoms with van der Waals surface area (Å²) in [5.41, 5.74) is 1.44. The smallest absolute Gasteiger partial charge is 0.176 e. The van der Waals surface area contributed by atoms with E-state index in [0.29, 0.717) is 18.4 Å². The molecule has 0 spiro atoms. The number of nitrogens with zero attached hydrogens (tertiary/aromatic N) is 2. The van der Waals surface area contributed by atoms with E-state index in [9.17, 15) is 9.59 Å². The highest BCUT2D eigenvalue weighted by atomic mass is 16.2. The van der Waals surface area contributed by atoms with E-state index in [0.717, 1.165) is 25.0 Å². The second-order valence-corrected chi connectivity index (χ2v) is 4.65. The highest BCUT2D eigenvalue weighted by Crippen LogP contribution is 2.25. The van der Waals surface area contributed by atoms with E-state index >= 15 is 0 Å². The summed E-state index contributed by atoms with van der Waals surface area (Å²) in [6, 6.07) is 0. The molecule has 1 atom stereocenters. The lowest BCUT2D eigenvalue weighted by Gasteiger charge is -2.18. The minimum absolute atomic E-state index is 0.0281. The van der Waals surface area contributed by atoms with Crippen molar-refractivity contribution < 1.29 is 9.59 Å². The fraction of sp³-hybridized carbons (Fsp3) is 0.615. The zero-order chi connectivity index (χ0) is 12.4. The molecule has 17 heavy (non-hydrogen) atoms. The molecule has 2 rings (SSSR count). The molecule has 1 saturated carbocycles. The van der Waals surface area contributed by atoms with Crippen molar-refractivity contribution in [3.63, 3.8) is 0 Å². The van der Waals surface area contributed by atoms with Gasteiger partial charge in [0.05, 0.1) is 17.2 Å². The van der Waals surface area contributed by atoms with Gasteiger partial charge in [0.2, 0.25) is 0 Å². The third kappa shape index (κ3) is 2.30. The highest BCUT2D eigenvalue weighted by Gasteiger charge is 2.31. The summed E-state index contributed by atoms with van der Waals surface area (Å²) in [6.07, 6.45) is 5.62. The van der Waals surface area contributed by atoms with Gasteiger partial charge in [-0.15, -0.1) is 0 Å². The molecule has 1 heterocycles. The van der Waals surface area contributed by atoms with Crippen LogP contribution >= 0.6 is 0 Å². The van der Waals surface area contributed by atoms with Crippen molar-refractivity contribution in [3.8, 4) is 0 Å². The van der Waals surface area contributed by atoms with Gasteiger partial charge in [-0.25, -0.2) is 0 Å². The normalized spacial score (nSPS) is 20.6. The van der Waals surface area contributed by atoms with Crippen LogP contribution < -0.4 is 0 Å². The first-order valence-corrected chi connectivity index (χ1v) is 6.23. The molecule has 1 aromatic heterocycles. The maximum absolute atomic E-state index is 12.3. The second kappa shape index (κ2) is 4.82. The van der Waals surface area contributed by atoms with Crippen LogP contribution in [0.25, 0.3) is 0 Å². The van der Waals surface area contributed by atoms with Gasteiger partial charge in [0.25, 0.3) is 0 Å². The van der Waals surface area contributed by atoms with Crippen molar-refractivity contribution in [2.45, 2.75) is 39.0 Å². The fourth-order valence-electron chi connectivity index (χ4n) is 2.45. The Morgan fingerprint density at radius 3 is 2.94 bits per heavy atom. The van der Waals surface area contributed by atoms with Crippen molar-refractivity contribution in [2.75, 3.05) is 0 Å². The Labute approximate surface area is 101 Å². The molecule has 0 N–H and O–H groups in total. The SMILES string of the molecule is CCc1nn(C)cc1C(=O)C1CCCCC1=O. The topological polar surface area (TPSA) is 52.0 Å². The highest BCUT2D eigenvalue weighted by molar-refractivity contribution is 6.11. The van der Waals surface area contributed by atoms with E-state index < -0.39 is 5.92 Å². The van der Waals surface area contributed by atoms with Gasteiger partial charge in [-0.1, -0.05) is 13.3 Å². The Morgan fingerprint density at radius 1 is 1.53 bits per heavy atom. The van der Waals surface area contributed by atoms with Crippen LogP contribution in [0.15, 0.2) is 6.20 Å². The lowest BCUT2D eigenvalue weighted by atomic mass is 9.83. The molecule has 0 aromatic carbocycles. The standard InChI is InChI=1S/C13H18N2O2/c1-3-11-10(8-15(2)14-11)13(17)9-6-4-5-7-12(9)16/h8-9H,3-7H2,1-2H3. The zero-order valence-corrected chi connectivity index (χ0v) is 10.4. The predicted molar refractivity (Wildman–Crippen MR) is 63.9 cm³/mol. The zero-order valence-electron chi connectivity index (χ0n) is 10.4. The Morgan fingerprint density at radius 2 is 2.29 bits per heavy atom. The first-order chi connectivity index (χ1) is 8.13. The van der Waals surface area contributed by atoms with Crippen molar-refractivity contribution in [1.82, 2.24) is 9.78 Å². The van der Waals surface area contributed by atoms with Crippen LogP contribution in [0.3, 0.4) is 0 Å². The van der Waals surface area contributed by atoms with Gasteiger partial charge >= 0.3 is 0 Å². The van der Waals surface area contributed by atoms with E-state index in [2.05, 4.69) is 5.10 Å². The first-order valence-electron chi connectivity index (χ1n) is 6.23. The van der Waals surface area contributed by atoms with Crippen molar-refractivity contribution in [2.24, 2.45) is 13.0 Å². The number of hydrogen-bond acceptors (Lipinski definition) is 3. The summed E-state index contributed by atoms with van der Waals surface area (Å²) in [5.74, 6) is -0.343. The van der Waals surface area contributed by atoms with Crippen molar-refractivity contribution in [1.29, 1.82) is 0 Å². The molecular formula is C13H18N2O2. The summed E-state index contributed by atoms with van der Waals surface area (Å²) in [7, 11) is 1.80. The summed E-state index contributed by atoms with van der Waals surface area (Å²) < 4.78 is 1.65. The second-order valence-electron chi connectivity index (χ2n) is 4.65. The number of rotatable bonds is 3. The van der Waals surface area contributed by atoms with Crippen LogP contribution in [0.4, 0.5) is 0 Å². The van der Waals surface area contributed by atoms with Crippen LogP contribution in [0.2, 0.25) is 0 Å². The minimum Gasteiger partial charge on any atom is -0.299 e. The molecule has 0 amide bonds. The van der Waals surface area contributed by atoms with Crippen LogP contribution in [0, 0.1) is 5.92 Å². The third-order valence-electron chi connectivity index (χ3n) is 3.38. The Balaban J connectivity index is 2.26. The molecule has 0 bridgehead atoms. The number of carbonyl (C=O) groups excluding carboxylic acids is 2. The monoisotopic (exact) mass is 234 g/mol. The number of ketones is 2. The predicted octanol–water partition coefficient (Wildman–Crippen LogP) is 1.92. The van der Waals surface area contributed by atoms with Gasteiger partial charge in [-0.3, -0.25) is 14.3 Å². The van der Waals surface area contributed by atoms with Gasteiger partial charge in [0.1, 0.15) is 5.78 Å². The average molecular weight is 234 g/mol. The minimum atomic E-state index is -0.418. The third-order valence-corrected chi connectivity index (χ3v) is 3.38. The molecular weight excluding hydrogens is 216 g/mol. The molecule has 0 aliphatic heterocycles.